The number of furan rings is 1. The molecule has 3 aromatic heterocycles. The van der Waals surface area contributed by atoms with E-state index in [9.17, 15) is 14.9 Å². The standard InChI is InChI=1S/C22H14N4O4S/c27-21-19(31-22-23-20(24-25(21)22)12-14-4-2-1-3-5-14)13-17-10-11-18(30-17)15-6-8-16(9-7-15)26(28)29/h1-11,13H,12H2/b19-13-. The van der Waals surface area contributed by atoms with Crippen molar-refractivity contribution in [3.05, 3.63) is 109 Å². The van der Waals surface area contributed by atoms with Crippen molar-refractivity contribution in [2.45, 2.75) is 6.42 Å². The van der Waals surface area contributed by atoms with Crippen molar-refractivity contribution in [3.63, 3.8) is 0 Å². The molecule has 0 radical (unpaired) electrons. The topological polar surface area (TPSA) is 104 Å². The fourth-order valence-corrected chi connectivity index (χ4v) is 4.10. The van der Waals surface area contributed by atoms with Gasteiger partial charge in [-0.25, -0.2) is 4.98 Å². The average molecular weight is 430 g/mol. The summed E-state index contributed by atoms with van der Waals surface area (Å²) in [7, 11) is 0. The van der Waals surface area contributed by atoms with E-state index in [0.717, 1.165) is 5.56 Å². The second-order valence-corrected chi connectivity index (χ2v) is 7.82. The number of aromatic nitrogens is 3. The summed E-state index contributed by atoms with van der Waals surface area (Å²) in [6.07, 6.45) is 2.21. The number of thiazole rings is 1. The molecule has 5 rings (SSSR count). The van der Waals surface area contributed by atoms with E-state index in [2.05, 4.69) is 10.1 Å². The maximum Gasteiger partial charge on any atom is 0.291 e. The molecule has 31 heavy (non-hydrogen) atoms. The highest BCUT2D eigenvalue weighted by molar-refractivity contribution is 7.15. The van der Waals surface area contributed by atoms with Gasteiger partial charge in [-0.2, -0.15) is 4.52 Å². The van der Waals surface area contributed by atoms with Gasteiger partial charge in [-0.15, -0.1) is 5.10 Å². The minimum Gasteiger partial charge on any atom is -0.457 e. The third kappa shape index (κ3) is 3.74. The zero-order valence-electron chi connectivity index (χ0n) is 16.0. The normalized spacial score (nSPS) is 11.9. The number of hydrogen-bond acceptors (Lipinski definition) is 7. The second kappa shape index (κ2) is 7.62. The van der Waals surface area contributed by atoms with Crippen LogP contribution in [0.2, 0.25) is 0 Å². The first-order valence-corrected chi connectivity index (χ1v) is 10.2. The minimum absolute atomic E-state index is 0.0131. The van der Waals surface area contributed by atoms with Gasteiger partial charge in [0.15, 0.2) is 5.82 Å². The molecule has 0 N–H and O–H groups in total. The Morgan fingerprint density at radius 2 is 1.84 bits per heavy atom. The van der Waals surface area contributed by atoms with Crippen LogP contribution >= 0.6 is 11.3 Å². The van der Waals surface area contributed by atoms with Crippen LogP contribution in [0.5, 0.6) is 0 Å². The summed E-state index contributed by atoms with van der Waals surface area (Å²) in [6.45, 7) is 0. The summed E-state index contributed by atoms with van der Waals surface area (Å²) in [5.41, 5.74) is 1.55. The molecule has 9 heteroatoms. The Labute approximate surface area is 178 Å². The fraction of sp³-hybridized carbons (Fsp3) is 0.0455. The summed E-state index contributed by atoms with van der Waals surface area (Å²) in [6, 6.07) is 19.4. The van der Waals surface area contributed by atoms with Crippen LogP contribution in [0.25, 0.3) is 22.4 Å². The summed E-state index contributed by atoms with van der Waals surface area (Å²) >= 11 is 1.25. The van der Waals surface area contributed by atoms with Gasteiger partial charge in [0.1, 0.15) is 16.1 Å². The maximum atomic E-state index is 12.7. The summed E-state index contributed by atoms with van der Waals surface area (Å²) in [5, 5.41) is 15.1. The molecule has 0 aliphatic rings. The molecule has 0 saturated carbocycles. The number of rotatable bonds is 5. The maximum absolute atomic E-state index is 12.7. The molecule has 0 spiro atoms. The molecule has 8 nitrogen and oxygen atoms in total. The van der Waals surface area contributed by atoms with Crippen molar-refractivity contribution >= 4 is 28.1 Å². The van der Waals surface area contributed by atoms with Gasteiger partial charge in [-0.3, -0.25) is 14.9 Å². The third-order valence-corrected chi connectivity index (χ3v) is 5.65. The van der Waals surface area contributed by atoms with Crippen molar-refractivity contribution in [2.75, 3.05) is 0 Å². The van der Waals surface area contributed by atoms with Gasteiger partial charge in [0.25, 0.3) is 11.2 Å². The van der Waals surface area contributed by atoms with Crippen LogP contribution in [0.3, 0.4) is 0 Å². The van der Waals surface area contributed by atoms with Crippen LogP contribution in [0, 0.1) is 10.1 Å². The largest absolute Gasteiger partial charge is 0.457 e. The molecule has 0 fully saturated rings. The van der Waals surface area contributed by atoms with Crippen LogP contribution in [0.1, 0.15) is 17.1 Å². The smallest absolute Gasteiger partial charge is 0.291 e. The molecule has 3 heterocycles. The number of hydrogen-bond donors (Lipinski definition) is 0. The van der Waals surface area contributed by atoms with Crippen LogP contribution in [0.4, 0.5) is 5.69 Å². The fourth-order valence-electron chi connectivity index (χ4n) is 3.19. The Balaban J connectivity index is 1.42. The molecule has 0 unspecified atom stereocenters. The van der Waals surface area contributed by atoms with Gasteiger partial charge in [-0.05, 0) is 29.8 Å². The second-order valence-electron chi connectivity index (χ2n) is 6.81. The number of benzene rings is 2. The first-order valence-electron chi connectivity index (χ1n) is 9.35. The molecule has 0 atom stereocenters. The number of nitro groups is 1. The number of nitro benzene ring substituents is 1. The zero-order valence-corrected chi connectivity index (χ0v) is 16.8. The molecule has 5 aromatic rings. The summed E-state index contributed by atoms with van der Waals surface area (Å²) in [4.78, 5) is 28.1. The Kier molecular flexibility index (Phi) is 4.64. The summed E-state index contributed by atoms with van der Waals surface area (Å²) in [5.74, 6) is 1.65. The lowest BCUT2D eigenvalue weighted by Gasteiger charge is -1.96. The van der Waals surface area contributed by atoms with Crippen LogP contribution in [-0.2, 0) is 6.42 Å². The zero-order chi connectivity index (χ0) is 21.4. The van der Waals surface area contributed by atoms with Crippen molar-refractivity contribution in [3.8, 4) is 11.3 Å². The molecule has 152 valence electrons. The number of nitrogens with zero attached hydrogens (tertiary/aromatic N) is 4. The Morgan fingerprint density at radius 1 is 1.06 bits per heavy atom. The molecular formula is C22H14N4O4S. The Hall–Kier alpha value is -4.11. The van der Waals surface area contributed by atoms with E-state index in [4.69, 9.17) is 4.42 Å². The molecule has 0 aliphatic carbocycles. The van der Waals surface area contributed by atoms with E-state index < -0.39 is 4.92 Å². The molecular weight excluding hydrogens is 416 g/mol. The van der Waals surface area contributed by atoms with Gasteiger partial charge in [0.2, 0.25) is 4.96 Å². The lowest BCUT2D eigenvalue weighted by Crippen LogP contribution is -2.23. The molecule has 0 saturated heterocycles. The number of non-ortho nitro benzene ring substituents is 1. The van der Waals surface area contributed by atoms with Crippen molar-refractivity contribution in [1.82, 2.24) is 14.6 Å². The number of fused-ring (bicyclic) bond motifs is 1. The van der Waals surface area contributed by atoms with E-state index in [1.165, 1.54) is 28.0 Å². The van der Waals surface area contributed by atoms with E-state index in [-0.39, 0.29) is 11.2 Å². The van der Waals surface area contributed by atoms with Gasteiger partial charge >= 0.3 is 0 Å². The summed E-state index contributed by atoms with van der Waals surface area (Å²) < 4.78 is 7.57. The van der Waals surface area contributed by atoms with Crippen LogP contribution in [-0.4, -0.2) is 19.5 Å². The van der Waals surface area contributed by atoms with Crippen molar-refractivity contribution in [1.29, 1.82) is 0 Å². The lowest BCUT2D eigenvalue weighted by atomic mass is 10.1. The molecule has 2 aromatic carbocycles. The quantitative estimate of drug-likeness (QED) is 0.312. The van der Waals surface area contributed by atoms with Gasteiger partial charge in [-0.1, -0.05) is 41.7 Å². The van der Waals surface area contributed by atoms with Crippen LogP contribution < -0.4 is 10.1 Å². The lowest BCUT2D eigenvalue weighted by molar-refractivity contribution is -0.384. The van der Waals surface area contributed by atoms with Gasteiger partial charge in [0.05, 0.1) is 4.92 Å². The highest BCUT2D eigenvalue weighted by Crippen LogP contribution is 2.24. The molecule has 0 amide bonds. The van der Waals surface area contributed by atoms with E-state index in [0.29, 0.717) is 38.8 Å². The van der Waals surface area contributed by atoms with Crippen molar-refractivity contribution in [2.24, 2.45) is 0 Å². The minimum atomic E-state index is -0.451. The van der Waals surface area contributed by atoms with Gasteiger partial charge in [0, 0.05) is 30.2 Å². The molecule has 0 bridgehead atoms. The van der Waals surface area contributed by atoms with E-state index >= 15 is 0 Å². The highest BCUT2D eigenvalue weighted by Gasteiger charge is 2.12. The van der Waals surface area contributed by atoms with Crippen molar-refractivity contribution < 1.29 is 9.34 Å². The Bertz CT molecular complexity index is 1500. The third-order valence-electron chi connectivity index (χ3n) is 4.69. The van der Waals surface area contributed by atoms with Gasteiger partial charge < -0.3 is 4.42 Å². The predicted molar refractivity (Wildman–Crippen MR) is 116 cm³/mol. The predicted octanol–water partition coefficient (Wildman–Crippen LogP) is 3.46. The molecule has 0 aliphatic heterocycles. The monoisotopic (exact) mass is 430 g/mol. The first-order chi connectivity index (χ1) is 15.1. The SMILES string of the molecule is O=c1/c(=C/c2ccc(-c3ccc([N+](=O)[O-])cc3)o2)sc2nc(Cc3ccccc3)nn12. The first kappa shape index (κ1) is 18.9. The van der Waals surface area contributed by atoms with E-state index in [1.807, 2.05) is 30.3 Å². The van der Waals surface area contributed by atoms with E-state index in [1.54, 1.807) is 30.3 Å². The average Bonchev–Trinajstić information content (AvgIpc) is 3.47. The van der Waals surface area contributed by atoms with Crippen LogP contribution in [0.15, 0.2) is 75.9 Å². The Morgan fingerprint density at radius 3 is 2.55 bits per heavy atom. The highest BCUT2D eigenvalue weighted by atomic mass is 32.1.